The molecule has 0 radical (unpaired) electrons. The topological polar surface area (TPSA) is 38.1 Å². The zero-order chi connectivity index (χ0) is 18.5. The van der Waals surface area contributed by atoms with E-state index in [1.165, 1.54) is 6.07 Å². The van der Waals surface area contributed by atoms with Crippen molar-refractivity contribution in [3.63, 3.8) is 0 Å². The van der Waals surface area contributed by atoms with Gasteiger partial charge in [0.05, 0.1) is 13.1 Å². The van der Waals surface area contributed by atoms with Gasteiger partial charge in [-0.25, -0.2) is 9.37 Å². The molecule has 1 amide bonds. The lowest BCUT2D eigenvalue weighted by Gasteiger charge is -2.21. The Morgan fingerprint density at radius 3 is 2.58 bits per heavy atom. The highest BCUT2D eigenvalue weighted by molar-refractivity contribution is 5.94. The minimum Gasteiger partial charge on any atom is -0.331 e. The number of carbonyl (C=O) groups excluding carboxylic acids is 1. The average molecular weight is 351 g/mol. The van der Waals surface area contributed by atoms with Crippen molar-refractivity contribution < 1.29 is 9.18 Å². The van der Waals surface area contributed by atoms with Crippen LogP contribution in [0.3, 0.4) is 0 Å². The molecule has 1 aromatic heterocycles. The summed E-state index contributed by atoms with van der Waals surface area (Å²) in [5, 5.41) is 0. The average Bonchev–Trinajstić information content (AvgIpc) is 3.08. The van der Waals surface area contributed by atoms with E-state index in [9.17, 15) is 9.18 Å². The van der Waals surface area contributed by atoms with Crippen molar-refractivity contribution in [2.24, 2.45) is 0 Å². The first-order valence-corrected chi connectivity index (χ1v) is 8.68. The largest absolute Gasteiger partial charge is 0.331 e. The van der Waals surface area contributed by atoms with Crippen LogP contribution in [-0.4, -0.2) is 26.9 Å². The molecule has 3 rings (SSSR count). The molecule has 0 fully saturated rings. The molecule has 1 heterocycles. The highest BCUT2D eigenvalue weighted by Gasteiger charge is 2.17. The molecule has 0 aliphatic heterocycles. The van der Waals surface area contributed by atoms with Gasteiger partial charge in [-0.3, -0.25) is 4.79 Å². The van der Waals surface area contributed by atoms with Crippen LogP contribution in [0, 0.1) is 12.7 Å². The molecule has 0 atom stereocenters. The number of nitrogens with zero attached hydrogens (tertiary/aromatic N) is 3. The zero-order valence-electron chi connectivity index (χ0n) is 15.0. The van der Waals surface area contributed by atoms with Crippen molar-refractivity contribution in [2.45, 2.75) is 26.9 Å². The summed E-state index contributed by atoms with van der Waals surface area (Å²) in [7, 11) is 0. The fourth-order valence-corrected chi connectivity index (χ4v) is 2.82. The summed E-state index contributed by atoms with van der Waals surface area (Å²) in [5.74, 6) is 0.457. The van der Waals surface area contributed by atoms with Crippen molar-refractivity contribution in [3.05, 3.63) is 89.3 Å². The lowest BCUT2D eigenvalue weighted by molar-refractivity contribution is 0.0747. The van der Waals surface area contributed by atoms with E-state index >= 15 is 0 Å². The van der Waals surface area contributed by atoms with Crippen LogP contribution in [0.25, 0.3) is 0 Å². The quantitative estimate of drug-likeness (QED) is 0.672. The molecular formula is C21H22FN3O. The van der Waals surface area contributed by atoms with Crippen LogP contribution >= 0.6 is 0 Å². The number of imidazole rings is 1. The molecule has 0 spiro atoms. The molecule has 4 nitrogen and oxygen atoms in total. The van der Waals surface area contributed by atoms with Crippen molar-refractivity contribution in [1.82, 2.24) is 14.5 Å². The normalized spacial score (nSPS) is 10.7. The van der Waals surface area contributed by atoms with E-state index < -0.39 is 0 Å². The number of hydrogen-bond acceptors (Lipinski definition) is 2. The number of carbonyl (C=O) groups is 1. The van der Waals surface area contributed by atoms with Gasteiger partial charge in [0.2, 0.25) is 0 Å². The Bertz CT molecular complexity index is 886. The molecule has 5 heteroatoms. The van der Waals surface area contributed by atoms with Gasteiger partial charge in [0.15, 0.2) is 0 Å². The summed E-state index contributed by atoms with van der Waals surface area (Å²) in [5.41, 5.74) is 2.37. The molecule has 0 N–H and O–H groups in total. The fraction of sp³-hybridized carbons (Fsp3) is 0.238. The maximum absolute atomic E-state index is 13.9. The van der Waals surface area contributed by atoms with E-state index in [0.29, 0.717) is 30.8 Å². The van der Waals surface area contributed by atoms with Gasteiger partial charge in [0, 0.05) is 30.1 Å². The van der Waals surface area contributed by atoms with Crippen molar-refractivity contribution in [1.29, 1.82) is 0 Å². The van der Waals surface area contributed by atoms with Crippen molar-refractivity contribution in [3.8, 4) is 0 Å². The van der Waals surface area contributed by atoms with Gasteiger partial charge in [-0.05, 0) is 32.0 Å². The van der Waals surface area contributed by atoms with Crippen LogP contribution < -0.4 is 0 Å². The summed E-state index contributed by atoms with van der Waals surface area (Å²) >= 11 is 0. The fourth-order valence-electron chi connectivity index (χ4n) is 2.82. The Labute approximate surface area is 152 Å². The molecule has 0 bridgehead atoms. The summed E-state index contributed by atoms with van der Waals surface area (Å²) in [4.78, 5) is 18.9. The molecular weight excluding hydrogens is 329 g/mol. The SMILES string of the molecule is CCN(Cc1nccn1Cc1ccccc1F)C(=O)c1ccc(C)cc1. The Morgan fingerprint density at radius 1 is 1.15 bits per heavy atom. The van der Waals surface area contributed by atoms with Gasteiger partial charge in [-0.2, -0.15) is 0 Å². The number of hydrogen-bond donors (Lipinski definition) is 0. The molecule has 134 valence electrons. The third-order valence-electron chi connectivity index (χ3n) is 4.40. The summed E-state index contributed by atoms with van der Waals surface area (Å²) in [6.07, 6.45) is 3.49. The van der Waals surface area contributed by atoms with E-state index in [2.05, 4.69) is 4.98 Å². The van der Waals surface area contributed by atoms with Crippen LogP contribution in [0.2, 0.25) is 0 Å². The highest BCUT2D eigenvalue weighted by atomic mass is 19.1. The first-order chi connectivity index (χ1) is 12.6. The van der Waals surface area contributed by atoms with Crippen molar-refractivity contribution in [2.75, 3.05) is 6.54 Å². The monoisotopic (exact) mass is 351 g/mol. The Balaban J connectivity index is 1.77. The Morgan fingerprint density at radius 2 is 1.88 bits per heavy atom. The van der Waals surface area contributed by atoms with E-state index in [4.69, 9.17) is 0 Å². The lowest BCUT2D eigenvalue weighted by atomic mass is 10.1. The second-order valence-electron chi connectivity index (χ2n) is 6.25. The highest BCUT2D eigenvalue weighted by Crippen LogP contribution is 2.13. The van der Waals surface area contributed by atoms with Gasteiger partial charge in [-0.15, -0.1) is 0 Å². The van der Waals surface area contributed by atoms with Gasteiger partial charge in [-0.1, -0.05) is 35.9 Å². The van der Waals surface area contributed by atoms with E-state index in [1.807, 2.05) is 54.9 Å². The Kier molecular flexibility index (Phi) is 5.46. The minimum atomic E-state index is -0.241. The summed E-state index contributed by atoms with van der Waals surface area (Å²) < 4.78 is 15.8. The lowest BCUT2D eigenvalue weighted by Crippen LogP contribution is -2.31. The maximum atomic E-state index is 13.9. The number of benzene rings is 2. The number of rotatable bonds is 6. The number of amides is 1. The summed E-state index contributed by atoms with van der Waals surface area (Å²) in [6.45, 7) is 5.27. The van der Waals surface area contributed by atoms with E-state index in [-0.39, 0.29) is 11.7 Å². The standard InChI is InChI=1S/C21H22FN3O/c1-3-24(21(26)17-10-8-16(2)9-11-17)15-20-23-12-13-25(20)14-18-6-4-5-7-19(18)22/h4-13H,3,14-15H2,1-2H3. The first kappa shape index (κ1) is 17.9. The molecule has 0 saturated carbocycles. The van der Waals surface area contributed by atoms with Gasteiger partial charge in [0.25, 0.3) is 5.91 Å². The van der Waals surface area contributed by atoms with Crippen LogP contribution in [-0.2, 0) is 13.1 Å². The van der Waals surface area contributed by atoms with Crippen LogP contribution in [0.15, 0.2) is 60.9 Å². The number of aryl methyl sites for hydroxylation is 1. The predicted octanol–water partition coefficient (Wildman–Crippen LogP) is 4.04. The zero-order valence-corrected chi connectivity index (χ0v) is 15.0. The van der Waals surface area contributed by atoms with Crippen LogP contribution in [0.5, 0.6) is 0 Å². The number of halogens is 1. The van der Waals surface area contributed by atoms with Crippen LogP contribution in [0.4, 0.5) is 4.39 Å². The minimum absolute atomic E-state index is 0.0343. The molecule has 0 aliphatic rings. The van der Waals surface area contributed by atoms with E-state index in [0.717, 1.165) is 11.4 Å². The third-order valence-corrected chi connectivity index (χ3v) is 4.40. The maximum Gasteiger partial charge on any atom is 0.254 e. The summed E-state index contributed by atoms with van der Waals surface area (Å²) in [6, 6.07) is 14.2. The molecule has 26 heavy (non-hydrogen) atoms. The van der Waals surface area contributed by atoms with Gasteiger partial charge < -0.3 is 9.47 Å². The Hall–Kier alpha value is -2.95. The predicted molar refractivity (Wildman–Crippen MR) is 99.3 cm³/mol. The smallest absolute Gasteiger partial charge is 0.254 e. The molecule has 2 aromatic carbocycles. The molecule has 0 aliphatic carbocycles. The molecule has 0 unspecified atom stereocenters. The van der Waals surface area contributed by atoms with E-state index in [1.54, 1.807) is 23.2 Å². The first-order valence-electron chi connectivity index (χ1n) is 8.68. The third kappa shape index (κ3) is 3.99. The van der Waals surface area contributed by atoms with Gasteiger partial charge in [0.1, 0.15) is 11.6 Å². The molecule has 3 aromatic rings. The van der Waals surface area contributed by atoms with Gasteiger partial charge >= 0.3 is 0 Å². The molecule has 0 saturated heterocycles. The second-order valence-corrected chi connectivity index (χ2v) is 6.25. The van der Waals surface area contributed by atoms with Crippen LogP contribution in [0.1, 0.15) is 34.2 Å². The number of aromatic nitrogens is 2. The second kappa shape index (κ2) is 7.95. The van der Waals surface area contributed by atoms with Crippen molar-refractivity contribution >= 4 is 5.91 Å².